The van der Waals surface area contributed by atoms with Crippen LogP contribution in [-0.2, 0) is 20.8 Å². The van der Waals surface area contributed by atoms with Crippen LogP contribution >= 0.6 is 0 Å². The molecule has 0 saturated heterocycles. The summed E-state index contributed by atoms with van der Waals surface area (Å²) >= 11 is 0. The maximum absolute atomic E-state index is 12.7. The van der Waals surface area contributed by atoms with Crippen LogP contribution in [0, 0.1) is 44.4 Å². The van der Waals surface area contributed by atoms with Crippen molar-refractivity contribution in [1.29, 1.82) is 0 Å². The smallest absolute Gasteiger partial charge is 0.311 e. The lowest BCUT2D eigenvalue weighted by atomic mass is 9.75. The molecule has 0 aliphatic carbocycles. The highest BCUT2D eigenvalue weighted by Gasteiger charge is 2.41. The van der Waals surface area contributed by atoms with E-state index in [1.807, 2.05) is 20.8 Å². The van der Waals surface area contributed by atoms with Gasteiger partial charge in [-0.2, -0.15) is 0 Å². The molecule has 1 aliphatic heterocycles. The normalized spacial score (nSPS) is 18.2. The van der Waals surface area contributed by atoms with Crippen molar-refractivity contribution in [3.8, 4) is 11.5 Å². The number of carbonyl (C=O) groups is 3. The maximum Gasteiger partial charge on any atom is 0.311 e. The Labute approximate surface area is 274 Å². The Kier molecular flexibility index (Phi) is 16.7. The largest absolute Gasteiger partial charge is 0.487 e. The van der Waals surface area contributed by atoms with E-state index >= 15 is 0 Å². The lowest BCUT2D eigenvalue weighted by Gasteiger charge is -2.43. The van der Waals surface area contributed by atoms with E-state index in [0.29, 0.717) is 37.4 Å². The van der Waals surface area contributed by atoms with Gasteiger partial charge in [-0.25, -0.2) is 0 Å². The van der Waals surface area contributed by atoms with Crippen molar-refractivity contribution in [2.75, 3.05) is 0 Å². The maximum atomic E-state index is 12.7. The molecular weight excluding hydrogens is 564 g/mol. The summed E-state index contributed by atoms with van der Waals surface area (Å²) in [4.78, 5) is 35.2. The number of benzene rings is 1. The molecule has 0 bridgehead atoms. The minimum atomic E-state index is -0.778. The SMILES string of the molecule is Cc1c(C)c2c(c(C)c1OC(=O)CCCCCCC(=O)O)CC[C@@](C)(C(CC=O)CC[C@H](C)CCC[C@H](C)CCCC(C)C)O2. The molecule has 0 radical (unpaired) electrons. The lowest BCUT2D eigenvalue weighted by Crippen LogP contribution is -2.44. The van der Waals surface area contributed by atoms with E-state index in [1.165, 1.54) is 38.5 Å². The molecule has 0 saturated carbocycles. The summed E-state index contributed by atoms with van der Waals surface area (Å²) < 4.78 is 12.8. The van der Waals surface area contributed by atoms with Gasteiger partial charge in [0.15, 0.2) is 0 Å². The van der Waals surface area contributed by atoms with Crippen LogP contribution in [0.2, 0.25) is 0 Å². The molecule has 1 heterocycles. The van der Waals surface area contributed by atoms with E-state index in [1.54, 1.807) is 0 Å². The van der Waals surface area contributed by atoms with Crippen molar-refractivity contribution in [2.24, 2.45) is 23.7 Å². The van der Waals surface area contributed by atoms with E-state index < -0.39 is 11.6 Å². The molecule has 1 unspecified atom stereocenters. The van der Waals surface area contributed by atoms with Crippen molar-refractivity contribution in [2.45, 2.75) is 170 Å². The number of fused-ring (bicyclic) bond motifs is 1. The van der Waals surface area contributed by atoms with Gasteiger partial charge in [-0.1, -0.05) is 85.5 Å². The Morgan fingerprint density at radius 1 is 0.822 bits per heavy atom. The van der Waals surface area contributed by atoms with Crippen molar-refractivity contribution in [3.05, 3.63) is 22.3 Å². The quantitative estimate of drug-likeness (QED) is 0.0595. The van der Waals surface area contributed by atoms with Crippen molar-refractivity contribution in [1.82, 2.24) is 0 Å². The Hall–Kier alpha value is -2.37. The molecule has 0 amide bonds. The van der Waals surface area contributed by atoms with Crippen LogP contribution in [0.25, 0.3) is 0 Å². The van der Waals surface area contributed by atoms with Crippen molar-refractivity contribution in [3.63, 3.8) is 0 Å². The van der Waals surface area contributed by atoms with Gasteiger partial charge in [-0.05, 0) is 94.2 Å². The zero-order valence-corrected chi connectivity index (χ0v) is 29.9. The van der Waals surface area contributed by atoms with Gasteiger partial charge in [0.05, 0.1) is 0 Å². The van der Waals surface area contributed by atoms with Gasteiger partial charge in [0.2, 0.25) is 0 Å². The Bertz CT molecular complexity index is 1090. The van der Waals surface area contributed by atoms with Gasteiger partial charge >= 0.3 is 11.9 Å². The first-order valence-electron chi connectivity index (χ1n) is 18.0. The van der Waals surface area contributed by atoms with Crippen LogP contribution in [0.5, 0.6) is 11.5 Å². The van der Waals surface area contributed by atoms with E-state index in [-0.39, 0.29) is 18.3 Å². The highest BCUT2D eigenvalue weighted by molar-refractivity contribution is 5.74. The van der Waals surface area contributed by atoms with Crippen LogP contribution < -0.4 is 9.47 Å². The third-order valence-electron chi connectivity index (χ3n) is 10.4. The predicted molar refractivity (Wildman–Crippen MR) is 183 cm³/mol. The lowest BCUT2D eigenvalue weighted by molar-refractivity contribution is -0.137. The van der Waals surface area contributed by atoms with Gasteiger partial charge < -0.3 is 19.4 Å². The molecule has 2 rings (SSSR count). The summed E-state index contributed by atoms with van der Waals surface area (Å²) in [5, 5.41) is 8.78. The number of carboxylic acids is 1. The zero-order chi connectivity index (χ0) is 33.6. The average Bonchev–Trinajstić information content (AvgIpc) is 2.97. The highest BCUT2D eigenvalue weighted by atomic mass is 16.5. The molecule has 0 fully saturated rings. The molecule has 1 N–H and O–H groups in total. The number of aldehydes is 1. The minimum Gasteiger partial charge on any atom is -0.487 e. The molecule has 6 nitrogen and oxygen atoms in total. The standard InChI is InChI=1S/C39H64O6/c1-27(2)15-13-16-28(3)17-14-18-29(4)21-22-33(24-26-40)39(8)25-23-34-32(7)37(30(5)31(6)38(34)45-39)44-36(43)20-12-10-9-11-19-35(41)42/h26-29,33H,9-25H2,1-8H3,(H,41,42)/t28-,29-,33?,39+/m1/s1. The first-order valence-corrected chi connectivity index (χ1v) is 18.0. The van der Waals surface area contributed by atoms with Gasteiger partial charge in [-0.3, -0.25) is 9.59 Å². The van der Waals surface area contributed by atoms with Gasteiger partial charge in [0.1, 0.15) is 23.4 Å². The number of ether oxygens (including phenoxy) is 2. The number of carbonyl (C=O) groups excluding carboxylic acids is 2. The fraction of sp³-hybridized carbons (Fsp3) is 0.769. The number of hydrogen-bond acceptors (Lipinski definition) is 5. The molecular formula is C39H64O6. The topological polar surface area (TPSA) is 89.9 Å². The van der Waals surface area contributed by atoms with E-state index in [9.17, 15) is 14.4 Å². The molecule has 256 valence electrons. The van der Waals surface area contributed by atoms with Crippen LogP contribution in [-0.4, -0.2) is 28.9 Å². The number of aliphatic carboxylic acids is 1. The van der Waals surface area contributed by atoms with E-state index in [4.69, 9.17) is 14.6 Å². The van der Waals surface area contributed by atoms with Crippen molar-refractivity contribution >= 4 is 18.2 Å². The second kappa shape index (κ2) is 19.3. The fourth-order valence-corrected chi connectivity index (χ4v) is 7.01. The fourth-order valence-electron chi connectivity index (χ4n) is 7.01. The van der Waals surface area contributed by atoms with E-state index in [0.717, 1.165) is 84.7 Å². The zero-order valence-electron chi connectivity index (χ0n) is 29.9. The van der Waals surface area contributed by atoms with Crippen LogP contribution in [0.4, 0.5) is 0 Å². The Morgan fingerprint density at radius 2 is 1.42 bits per heavy atom. The molecule has 45 heavy (non-hydrogen) atoms. The second-order valence-corrected chi connectivity index (χ2v) is 14.9. The molecule has 0 aromatic heterocycles. The Morgan fingerprint density at radius 3 is 2.02 bits per heavy atom. The summed E-state index contributed by atoms with van der Waals surface area (Å²) in [5.41, 5.74) is 3.57. The third kappa shape index (κ3) is 12.7. The number of unbranched alkanes of at least 4 members (excludes halogenated alkanes) is 3. The molecule has 1 aliphatic rings. The first kappa shape index (κ1) is 38.8. The molecule has 0 spiro atoms. The number of carboxylic acid groups (broad SMARTS) is 1. The Balaban J connectivity index is 1.97. The molecule has 1 aromatic rings. The van der Waals surface area contributed by atoms with Gasteiger partial charge in [-0.15, -0.1) is 0 Å². The van der Waals surface area contributed by atoms with E-state index in [2.05, 4.69) is 34.6 Å². The number of hydrogen-bond donors (Lipinski definition) is 1. The first-order chi connectivity index (χ1) is 21.3. The second-order valence-electron chi connectivity index (χ2n) is 14.9. The molecule has 6 heteroatoms. The number of rotatable bonds is 22. The monoisotopic (exact) mass is 628 g/mol. The van der Waals surface area contributed by atoms with Crippen LogP contribution in [0.15, 0.2) is 0 Å². The third-order valence-corrected chi connectivity index (χ3v) is 10.4. The van der Waals surface area contributed by atoms with Gasteiger partial charge in [0.25, 0.3) is 0 Å². The minimum absolute atomic E-state index is 0.161. The summed E-state index contributed by atoms with van der Waals surface area (Å²) in [6.07, 6.45) is 16.6. The summed E-state index contributed by atoms with van der Waals surface area (Å²) in [5.74, 6) is 2.90. The highest BCUT2D eigenvalue weighted by Crippen LogP contribution is 2.47. The molecule has 1 aromatic carbocycles. The summed E-state index contributed by atoms with van der Waals surface area (Å²) in [7, 11) is 0. The van der Waals surface area contributed by atoms with Crippen molar-refractivity contribution < 1.29 is 29.0 Å². The van der Waals surface area contributed by atoms with Crippen LogP contribution in [0.3, 0.4) is 0 Å². The molecule has 4 atom stereocenters. The summed E-state index contributed by atoms with van der Waals surface area (Å²) in [6, 6.07) is 0. The predicted octanol–water partition coefficient (Wildman–Crippen LogP) is 10.3. The number of esters is 1. The summed E-state index contributed by atoms with van der Waals surface area (Å²) in [6.45, 7) is 17.6. The van der Waals surface area contributed by atoms with Gasteiger partial charge in [0, 0.05) is 30.7 Å². The average molecular weight is 629 g/mol. The van der Waals surface area contributed by atoms with Crippen LogP contribution in [0.1, 0.15) is 160 Å².